The lowest BCUT2D eigenvalue weighted by molar-refractivity contribution is -0.119. The van der Waals surface area contributed by atoms with E-state index in [9.17, 15) is 4.79 Å². The van der Waals surface area contributed by atoms with Gasteiger partial charge in [0.25, 0.3) is 0 Å². The molecule has 0 aliphatic rings. The van der Waals surface area contributed by atoms with Gasteiger partial charge in [0.1, 0.15) is 0 Å². The quantitative estimate of drug-likeness (QED) is 0.820. The van der Waals surface area contributed by atoms with E-state index in [1.807, 2.05) is 17.7 Å². The number of hydrogen-bond donors (Lipinski definition) is 1. The van der Waals surface area contributed by atoms with Gasteiger partial charge >= 0.3 is 0 Å². The fraction of sp³-hybridized carbons (Fsp3) is 0.444. The summed E-state index contributed by atoms with van der Waals surface area (Å²) in [6, 6.07) is 6.58. The Hall–Kier alpha value is -1.75. The van der Waals surface area contributed by atoms with Gasteiger partial charge in [-0.3, -0.25) is 9.36 Å². The maximum atomic E-state index is 12.0. The fourth-order valence-electron chi connectivity index (χ4n) is 2.28. The molecule has 1 atom stereocenters. The van der Waals surface area contributed by atoms with Crippen molar-refractivity contribution in [3.8, 4) is 5.69 Å². The Bertz CT molecular complexity index is 658. The minimum absolute atomic E-state index is 0.0474. The molecule has 1 unspecified atom stereocenters. The molecule has 1 N–H and O–H groups in total. The first kappa shape index (κ1) is 17.6. The minimum Gasteiger partial charge on any atom is -0.353 e. The smallest absolute Gasteiger partial charge is 0.230 e. The van der Waals surface area contributed by atoms with Gasteiger partial charge in [0, 0.05) is 24.1 Å². The lowest BCUT2D eigenvalue weighted by Gasteiger charge is -2.17. The number of carbonyl (C=O) groups is 1. The summed E-state index contributed by atoms with van der Waals surface area (Å²) in [5.41, 5.74) is 3.51. The number of aryl methyl sites for hydroxylation is 2. The van der Waals surface area contributed by atoms with E-state index in [-0.39, 0.29) is 11.9 Å². The molecule has 23 heavy (non-hydrogen) atoms. The molecule has 0 aliphatic carbocycles. The molecule has 0 aliphatic heterocycles. The molecule has 124 valence electrons. The van der Waals surface area contributed by atoms with Crippen LogP contribution in [0.4, 0.5) is 0 Å². The van der Waals surface area contributed by atoms with Crippen LogP contribution in [0.25, 0.3) is 5.69 Å². The van der Waals surface area contributed by atoms with Crippen molar-refractivity contribution in [2.24, 2.45) is 5.92 Å². The lowest BCUT2D eigenvalue weighted by Crippen LogP contribution is -2.37. The Morgan fingerprint density at radius 1 is 1.22 bits per heavy atom. The highest BCUT2D eigenvalue weighted by Gasteiger charge is 2.13. The molecule has 0 spiro atoms. The number of benzene rings is 1. The maximum absolute atomic E-state index is 12.0. The Labute approximate surface area is 142 Å². The Balaban J connectivity index is 2.05. The molecule has 0 radical (unpaired) electrons. The van der Waals surface area contributed by atoms with Crippen molar-refractivity contribution < 1.29 is 4.79 Å². The van der Waals surface area contributed by atoms with Crippen molar-refractivity contribution in [1.29, 1.82) is 0 Å². The summed E-state index contributed by atoms with van der Waals surface area (Å²) in [6.07, 6.45) is 3.71. The predicted molar refractivity (Wildman–Crippen MR) is 96.2 cm³/mol. The lowest BCUT2D eigenvalue weighted by atomic mass is 10.1. The van der Waals surface area contributed by atoms with Crippen LogP contribution in [0.2, 0.25) is 0 Å². The van der Waals surface area contributed by atoms with Crippen LogP contribution in [-0.2, 0) is 4.79 Å². The van der Waals surface area contributed by atoms with Crippen molar-refractivity contribution in [2.75, 3.05) is 5.75 Å². The first-order chi connectivity index (χ1) is 10.9. The average molecular weight is 331 g/mol. The van der Waals surface area contributed by atoms with E-state index in [4.69, 9.17) is 0 Å². The average Bonchev–Trinajstić information content (AvgIpc) is 2.92. The van der Waals surface area contributed by atoms with Gasteiger partial charge in [-0.2, -0.15) is 0 Å². The van der Waals surface area contributed by atoms with Gasteiger partial charge < -0.3 is 5.32 Å². The number of aromatic nitrogens is 2. The van der Waals surface area contributed by atoms with E-state index >= 15 is 0 Å². The van der Waals surface area contributed by atoms with Crippen molar-refractivity contribution >= 4 is 17.7 Å². The van der Waals surface area contributed by atoms with Gasteiger partial charge in [0.15, 0.2) is 5.16 Å². The van der Waals surface area contributed by atoms with Gasteiger partial charge in [-0.05, 0) is 49.9 Å². The normalized spacial score (nSPS) is 12.4. The first-order valence-corrected chi connectivity index (χ1v) is 8.89. The summed E-state index contributed by atoms with van der Waals surface area (Å²) in [4.78, 5) is 16.4. The summed E-state index contributed by atoms with van der Waals surface area (Å²) in [5.74, 6) is 0.853. The molecular weight excluding hydrogens is 306 g/mol. The van der Waals surface area contributed by atoms with Gasteiger partial charge in [-0.1, -0.05) is 31.7 Å². The minimum atomic E-state index is 0.0474. The zero-order chi connectivity index (χ0) is 17.0. The van der Waals surface area contributed by atoms with Crippen LogP contribution in [-0.4, -0.2) is 27.3 Å². The molecule has 1 heterocycles. The number of carbonyl (C=O) groups excluding carboxylic acids is 1. The molecule has 0 saturated carbocycles. The number of amides is 1. The van der Waals surface area contributed by atoms with Gasteiger partial charge in [0.05, 0.1) is 5.75 Å². The van der Waals surface area contributed by atoms with Crippen LogP contribution < -0.4 is 5.32 Å². The predicted octanol–water partition coefficient (Wildman–Crippen LogP) is 3.74. The van der Waals surface area contributed by atoms with Gasteiger partial charge in [-0.15, -0.1) is 0 Å². The molecule has 4 nitrogen and oxygen atoms in total. The van der Waals surface area contributed by atoms with Crippen LogP contribution in [0.5, 0.6) is 0 Å². The first-order valence-electron chi connectivity index (χ1n) is 7.91. The third-order valence-corrected chi connectivity index (χ3v) is 4.78. The summed E-state index contributed by atoms with van der Waals surface area (Å²) in [7, 11) is 0. The fourth-order valence-corrected chi connectivity index (χ4v) is 3.06. The molecule has 5 heteroatoms. The Morgan fingerprint density at radius 2 is 1.87 bits per heavy atom. The second-order valence-corrected chi connectivity index (χ2v) is 7.26. The van der Waals surface area contributed by atoms with Crippen LogP contribution >= 0.6 is 11.8 Å². The van der Waals surface area contributed by atoms with Crippen LogP contribution in [0.1, 0.15) is 31.9 Å². The number of hydrogen-bond acceptors (Lipinski definition) is 3. The van der Waals surface area contributed by atoms with Crippen molar-refractivity contribution in [2.45, 2.75) is 45.8 Å². The molecule has 0 bridgehead atoms. The number of nitrogens with zero attached hydrogens (tertiary/aromatic N) is 2. The monoisotopic (exact) mass is 331 g/mol. The second-order valence-electron chi connectivity index (χ2n) is 6.31. The molecule has 0 fully saturated rings. The summed E-state index contributed by atoms with van der Waals surface area (Å²) >= 11 is 1.46. The highest BCUT2D eigenvalue weighted by atomic mass is 32.2. The topological polar surface area (TPSA) is 46.9 Å². The molecule has 1 amide bonds. The molecule has 2 aromatic rings. The summed E-state index contributed by atoms with van der Waals surface area (Å²) in [5, 5.41) is 3.86. The number of rotatable bonds is 6. The summed E-state index contributed by atoms with van der Waals surface area (Å²) < 4.78 is 2.03. The number of imidazole rings is 1. The Morgan fingerprint density at radius 3 is 2.48 bits per heavy atom. The SMILES string of the molecule is Cc1cc(C)cc(-n2ccnc2SCC(=O)NC(C)C(C)C)c1. The van der Waals surface area contributed by atoms with E-state index in [0.717, 1.165) is 10.8 Å². The van der Waals surface area contributed by atoms with Crippen LogP contribution in [0.15, 0.2) is 35.7 Å². The third kappa shape index (κ3) is 4.86. The van der Waals surface area contributed by atoms with Crippen molar-refractivity contribution in [3.05, 3.63) is 41.7 Å². The van der Waals surface area contributed by atoms with E-state index in [1.54, 1.807) is 6.20 Å². The standard InChI is InChI=1S/C18H25N3OS/c1-12(2)15(5)20-17(22)11-23-18-19-6-7-21(18)16-9-13(3)8-14(4)10-16/h6-10,12,15H,11H2,1-5H3,(H,20,22). The number of nitrogens with one attached hydrogen (secondary N) is 1. The highest BCUT2D eigenvalue weighted by Crippen LogP contribution is 2.22. The zero-order valence-corrected chi connectivity index (χ0v) is 15.3. The molecule has 1 aromatic carbocycles. The maximum Gasteiger partial charge on any atom is 0.230 e. The zero-order valence-electron chi connectivity index (χ0n) is 14.5. The van der Waals surface area contributed by atoms with Crippen molar-refractivity contribution in [3.63, 3.8) is 0 Å². The molecule has 2 rings (SSSR count). The van der Waals surface area contributed by atoms with Gasteiger partial charge in [-0.25, -0.2) is 4.98 Å². The van der Waals surface area contributed by atoms with Crippen LogP contribution in [0, 0.1) is 19.8 Å². The highest BCUT2D eigenvalue weighted by molar-refractivity contribution is 7.99. The number of thioether (sulfide) groups is 1. The third-order valence-electron chi connectivity index (χ3n) is 3.81. The summed E-state index contributed by atoms with van der Waals surface area (Å²) in [6.45, 7) is 10.4. The van der Waals surface area contributed by atoms with E-state index in [0.29, 0.717) is 11.7 Å². The molecule has 1 aromatic heterocycles. The second kappa shape index (κ2) is 7.68. The van der Waals surface area contributed by atoms with E-state index in [2.05, 4.69) is 56.2 Å². The van der Waals surface area contributed by atoms with E-state index in [1.165, 1.54) is 22.9 Å². The largest absolute Gasteiger partial charge is 0.353 e. The van der Waals surface area contributed by atoms with E-state index < -0.39 is 0 Å². The molecular formula is C18H25N3OS. The Kier molecular flexibility index (Phi) is 5.88. The van der Waals surface area contributed by atoms with Crippen LogP contribution in [0.3, 0.4) is 0 Å². The molecule has 0 saturated heterocycles. The van der Waals surface area contributed by atoms with Crippen molar-refractivity contribution in [1.82, 2.24) is 14.9 Å². The van der Waals surface area contributed by atoms with Gasteiger partial charge in [0.2, 0.25) is 5.91 Å².